The van der Waals surface area contributed by atoms with Crippen LogP contribution < -0.4 is 14.8 Å². The van der Waals surface area contributed by atoms with E-state index >= 15 is 0 Å². The maximum absolute atomic E-state index is 5.38. The average Bonchev–Trinajstić information content (AvgIpc) is 3.10. The van der Waals surface area contributed by atoms with Gasteiger partial charge in [0.15, 0.2) is 11.5 Å². The van der Waals surface area contributed by atoms with Gasteiger partial charge in [-0.3, -0.25) is 0 Å². The Morgan fingerprint density at radius 3 is 3.05 bits per heavy atom. The number of hydrogen-bond acceptors (Lipinski definition) is 5. The molecule has 0 saturated heterocycles. The van der Waals surface area contributed by atoms with Crippen LogP contribution in [0, 0.1) is 0 Å². The standard InChI is InChI=1S/C14H16N2O2S/c1-2-11(14-15-5-6-19-14)16-8-10-3-4-12-13(7-10)18-9-17-12/h3-7,11,16H,2,8-9H2,1H3. The van der Waals surface area contributed by atoms with Crippen molar-refractivity contribution in [2.45, 2.75) is 25.9 Å². The first kappa shape index (κ1) is 12.4. The summed E-state index contributed by atoms with van der Waals surface area (Å²) in [6.07, 6.45) is 2.88. The molecule has 3 rings (SSSR count). The number of nitrogens with zero attached hydrogens (tertiary/aromatic N) is 1. The number of nitrogens with one attached hydrogen (secondary N) is 1. The minimum atomic E-state index is 0.311. The molecule has 1 atom stereocenters. The van der Waals surface area contributed by atoms with E-state index in [0.29, 0.717) is 12.8 Å². The van der Waals surface area contributed by atoms with Crippen LogP contribution in [0.15, 0.2) is 29.8 Å². The molecule has 19 heavy (non-hydrogen) atoms. The molecule has 4 nitrogen and oxygen atoms in total. The van der Waals surface area contributed by atoms with Crippen molar-refractivity contribution in [2.24, 2.45) is 0 Å². The second-order valence-electron chi connectivity index (χ2n) is 4.40. The van der Waals surface area contributed by atoms with Crippen LogP contribution in [0.1, 0.15) is 30.0 Å². The molecule has 1 unspecified atom stereocenters. The molecule has 1 N–H and O–H groups in total. The van der Waals surface area contributed by atoms with Gasteiger partial charge < -0.3 is 14.8 Å². The minimum absolute atomic E-state index is 0.311. The molecule has 2 heterocycles. The predicted octanol–water partition coefficient (Wildman–Crippen LogP) is 3.11. The monoisotopic (exact) mass is 276 g/mol. The summed E-state index contributed by atoms with van der Waals surface area (Å²) in [5.74, 6) is 1.66. The average molecular weight is 276 g/mol. The lowest BCUT2D eigenvalue weighted by molar-refractivity contribution is 0.174. The highest BCUT2D eigenvalue weighted by molar-refractivity contribution is 7.09. The minimum Gasteiger partial charge on any atom is -0.454 e. The van der Waals surface area contributed by atoms with Crippen LogP contribution in [-0.2, 0) is 6.54 Å². The Kier molecular flexibility index (Phi) is 3.66. The zero-order chi connectivity index (χ0) is 13.1. The first-order valence-electron chi connectivity index (χ1n) is 6.38. The highest BCUT2D eigenvalue weighted by atomic mass is 32.1. The van der Waals surface area contributed by atoms with E-state index in [2.05, 4.69) is 23.3 Å². The van der Waals surface area contributed by atoms with E-state index in [0.717, 1.165) is 29.5 Å². The molecule has 0 aliphatic carbocycles. The summed E-state index contributed by atoms with van der Waals surface area (Å²) in [6, 6.07) is 6.37. The molecule has 0 bridgehead atoms. The van der Waals surface area contributed by atoms with Crippen molar-refractivity contribution in [2.75, 3.05) is 6.79 Å². The van der Waals surface area contributed by atoms with Gasteiger partial charge in [0.2, 0.25) is 6.79 Å². The van der Waals surface area contributed by atoms with Crippen molar-refractivity contribution in [3.8, 4) is 11.5 Å². The first-order valence-corrected chi connectivity index (χ1v) is 7.26. The summed E-state index contributed by atoms with van der Waals surface area (Å²) in [5, 5.41) is 6.69. The number of aromatic nitrogens is 1. The topological polar surface area (TPSA) is 43.4 Å². The molecule has 1 aromatic carbocycles. The van der Waals surface area contributed by atoms with Gasteiger partial charge in [-0.1, -0.05) is 13.0 Å². The zero-order valence-corrected chi connectivity index (χ0v) is 11.6. The van der Waals surface area contributed by atoms with Crippen LogP contribution >= 0.6 is 11.3 Å². The summed E-state index contributed by atoms with van der Waals surface area (Å²) in [7, 11) is 0. The normalized spacial score (nSPS) is 14.6. The molecule has 0 saturated carbocycles. The Morgan fingerprint density at radius 2 is 2.26 bits per heavy atom. The Morgan fingerprint density at radius 1 is 1.37 bits per heavy atom. The summed E-state index contributed by atoms with van der Waals surface area (Å²) in [6.45, 7) is 3.29. The van der Waals surface area contributed by atoms with Gasteiger partial charge in [0.05, 0.1) is 6.04 Å². The van der Waals surface area contributed by atoms with Crippen LogP contribution in [0.25, 0.3) is 0 Å². The fraction of sp³-hybridized carbons (Fsp3) is 0.357. The molecular weight excluding hydrogens is 260 g/mol. The van der Waals surface area contributed by atoms with Crippen LogP contribution in [0.2, 0.25) is 0 Å². The van der Waals surface area contributed by atoms with Gasteiger partial charge in [-0.25, -0.2) is 4.98 Å². The molecule has 2 aromatic rings. The van der Waals surface area contributed by atoms with Crippen molar-refractivity contribution in [1.29, 1.82) is 0 Å². The highest BCUT2D eigenvalue weighted by Crippen LogP contribution is 2.32. The van der Waals surface area contributed by atoms with E-state index in [1.807, 2.05) is 23.7 Å². The summed E-state index contributed by atoms with van der Waals surface area (Å²) in [5.41, 5.74) is 1.19. The molecule has 100 valence electrons. The van der Waals surface area contributed by atoms with E-state index in [1.165, 1.54) is 5.56 Å². The molecule has 1 aliphatic heterocycles. The fourth-order valence-electron chi connectivity index (χ4n) is 2.10. The van der Waals surface area contributed by atoms with Crippen LogP contribution in [0.5, 0.6) is 11.5 Å². The van der Waals surface area contributed by atoms with Gasteiger partial charge in [0.25, 0.3) is 0 Å². The molecule has 1 aliphatic rings. The van der Waals surface area contributed by atoms with Gasteiger partial charge in [0.1, 0.15) is 5.01 Å². The largest absolute Gasteiger partial charge is 0.454 e. The first-order chi connectivity index (χ1) is 9.36. The third kappa shape index (κ3) is 2.72. The number of rotatable bonds is 5. The fourth-order valence-corrected chi connectivity index (χ4v) is 2.90. The van der Waals surface area contributed by atoms with E-state index in [9.17, 15) is 0 Å². The molecule has 0 radical (unpaired) electrons. The number of ether oxygens (including phenoxy) is 2. The van der Waals surface area contributed by atoms with Gasteiger partial charge in [-0.2, -0.15) is 0 Å². The highest BCUT2D eigenvalue weighted by Gasteiger charge is 2.15. The second kappa shape index (κ2) is 5.59. The predicted molar refractivity (Wildman–Crippen MR) is 74.6 cm³/mol. The van der Waals surface area contributed by atoms with Gasteiger partial charge >= 0.3 is 0 Å². The van der Waals surface area contributed by atoms with Gasteiger partial charge in [-0.15, -0.1) is 11.3 Å². The van der Waals surface area contributed by atoms with Gasteiger partial charge in [-0.05, 0) is 24.1 Å². The quantitative estimate of drug-likeness (QED) is 0.911. The van der Waals surface area contributed by atoms with Crippen LogP contribution in [0.3, 0.4) is 0 Å². The molecule has 0 amide bonds. The molecule has 1 aromatic heterocycles. The lowest BCUT2D eigenvalue weighted by atomic mass is 10.1. The Balaban J connectivity index is 1.65. The Bertz CT molecular complexity index is 542. The van der Waals surface area contributed by atoms with E-state index < -0.39 is 0 Å². The number of thiazole rings is 1. The summed E-state index contributed by atoms with van der Waals surface area (Å²) < 4.78 is 10.7. The van der Waals surface area contributed by atoms with Crippen LogP contribution in [0.4, 0.5) is 0 Å². The smallest absolute Gasteiger partial charge is 0.231 e. The Labute approximate surface area is 116 Å². The number of hydrogen-bond donors (Lipinski definition) is 1. The molecule has 0 spiro atoms. The van der Waals surface area contributed by atoms with Gasteiger partial charge in [0, 0.05) is 18.1 Å². The maximum atomic E-state index is 5.38. The molecule has 5 heteroatoms. The lowest BCUT2D eigenvalue weighted by Crippen LogP contribution is -2.20. The second-order valence-corrected chi connectivity index (χ2v) is 5.33. The molecule has 0 fully saturated rings. The SMILES string of the molecule is CCC(NCc1ccc2c(c1)OCO2)c1nccs1. The van der Waals surface area contributed by atoms with E-state index in [-0.39, 0.29) is 0 Å². The number of benzene rings is 1. The lowest BCUT2D eigenvalue weighted by Gasteiger charge is -2.14. The van der Waals surface area contributed by atoms with Crippen molar-refractivity contribution < 1.29 is 9.47 Å². The van der Waals surface area contributed by atoms with E-state index in [4.69, 9.17) is 9.47 Å². The zero-order valence-electron chi connectivity index (χ0n) is 10.8. The van der Waals surface area contributed by atoms with Crippen molar-refractivity contribution in [3.63, 3.8) is 0 Å². The van der Waals surface area contributed by atoms with Crippen LogP contribution in [-0.4, -0.2) is 11.8 Å². The summed E-state index contributed by atoms with van der Waals surface area (Å²) >= 11 is 1.69. The van der Waals surface area contributed by atoms with Crippen molar-refractivity contribution in [1.82, 2.24) is 10.3 Å². The van der Waals surface area contributed by atoms with E-state index in [1.54, 1.807) is 11.3 Å². The number of fused-ring (bicyclic) bond motifs is 1. The maximum Gasteiger partial charge on any atom is 0.231 e. The molecular formula is C14H16N2O2S. The Hall–Kier alpha value is -1.59. The van der Waals surface area contributed by atoms with Crippen molar-refractivity contribution in [3.05, 3.63) is 40.3 Å². The third-order valence-corrected chi connectivity index (χ3v) is 4.04. The summed E-state index contributed by atoms with van der Waals surface area (Å²) in [4.78, 5) is 4.37. The van der Waals surface area contributed by atoms with Crippen molar-refractivity contribution >= 4 is 11.3 Å². The third-order valence-electron chi connectivity index (χ3n) is 3.15.